The van der Waals surface area contributed by atoms with E-state index in [-0.39, 0.29) is 35.2 Å². The Morgan fingerprint density at radius 2 is 1.67 bits per heavy atom. The van der Waals surface area contributed by atoms with Crippen molar-refractivity contribution in [3.05, 3.63) is 53.6 Å². The molecule has 0 radical (unpaired) electrons. The Bertz CT molecular complexity index is 1110. The van der Waals surface area contributed by atoms with E-state index in [0.717, 1.165) is 6.08 Å². The molecule has 11 nitrogen and oxygen atoms in total. The summed E-state index contributed by atoms with van der Waals surface area (Å²) in [5.74, 6) is -1.86. The summed E-state index contributed by atoms with van der Waals surface area (Å²) in [6.07, 6.45) is -4.73. The van der Waals surface area contributed by atoms with Crippen LogP contribution in [0.25, 0.3) is 6.08 Å². The van der Waals surface area contributed by atoms with Crippen LogP contribution in [0, 0.1) is 0 Å². The van der Waals surface area contributed by atoms with Gasteiger partial charge in [0.2, 0.25) is 6.29 Å². The first kappa shape index (κ1) is 27.0. The van der Waals surface area contributed by atoms with Crippen LogP contribution in [-0.2, 0) is 25.5 Å². The Kier molecular flexibility index (Phi) is 8.88. The molecule has 1 aliphatic rings. The van der Waals surface area contributed by atoms with E-state index in [1.807, 2.05) is 0 Å². The zero-order chi connectivity index (χ0) is 26.4. The molecule has 36 heavy (non-hydrogen) atoms. The van der Waals surface area contributed by atoms with Gasteiger partial charge in [0, 0.05) is 12.5 Å². The van der Waals surface area contributed by atoms with E-state index in [1.165, 1.54) is 43.3 Å². The quantitative estimate of drug-likeness (QED) is 0.161. The lowest BCUT2D eigenvalue weighted by atomic mass is 9.99. The molecule has 1 heterocycles. The molecule has 5 atom stereocenters. The highest BCUT2D eigenvalue weighted by molar-refractivity contribution is 5.87. The van der Waals surface area contributed by atoms with E-state index >= 15 is 0 Å². The lowest BCUT2D eigenvalue weighted by molar-refractivity contribution is -0.278. The smallest absolute Gasteiger partial charge is 0.330 e. The van der Waals surface area contributed by atoms with Crippen molar-refractivity contribution < 1.29 is 54.4 Å². The van der Waals surface area contributed by atoms with Crippen LogP contribution in [-0.4, -0.2) is 79.7 Å². The molecular weight excluding hydrogens is 476 g/mol. The van der Waals surface area contributed by atoms with Crippen molar-refractivity contribution in [1.29, 1.82) is 0 Å². The largest absolute Gasteiger partial charge is 0.504 e. The number of esters is 1. The first-order valence-corrected chi connectivity index (χ1v) is 11.1. The number of aliphatic hydroxyl groups excluding tert-OH is 3. The Morgan fingerprint density at radius 1 is 0.944 bits per heavy atom. The SMILES string of the molecule is CC(=O)CCc1ccc(O)c(O[C@@H]2O[C@H](COC(=O)/C=C/c3ccc(O)c(O)c3)[C@@H](O)[C@H](O)[C@H]2O)c1. The van der Waals surface area contributed by atoms with Gasteiger partial charge in [-0.25, -0.2) is 4.79 Å². The maximum absolute atomic E-state index is 12.1. The highest BCUT2D eigenvalue weighted by Crippen LogP contribution is 2.32. The Labute approximate surface area is 206 Å². The van der Waals surface area contributed by atoms with Crippen molar-refractivity contribution >= 4 is 17.8 Å². The van der Waals surface area contributed by atoms with Crippen LogP contribution in [0.4, 0.5) is 0 Å². The van der Waals surface area contributed by atoms with E-state index in [1.54, 1.807) is 6.07 Å². The zero-order valence-electron chi connectivity index (χ0n) is 19.4. The van der Waals surface area contributed by atoms with Crippen LogP contribution in [0.3, 0.4) is 0 Å². The molecule has 2 aromatic rings. The van der Waals surface area contributed by atoms with E-state index in [0.29, 0.717) is 17.5 Å². The molecule has 0 spiro atoms. The highest BCUT2D eigenvalue weighted by atomic mass is 16.7. The number of carbonyl (C=O) groups is 2. The molecule has 3 rings (SSSR count). The predicted molar refractivity (Wildman–Crippen MR) is 124 cm³/mol. The van der Waals surface area contributed by atoms with Crippen LogP contribution in [0.5, 0.6) is 23.0 Å². The fourth-order valence-corrected chi connectivity index (χ4v) is 3.43. The number of phenolic OH excluding ortho intramolecular Hbond substituents is 3. The molecule has 1 saturated heterocycles. The minimum atomic E-state index is -1.70. The van der Waals surface area contributed by atoms with Gasteiger partial charge in [0.1, 0.15) is 36.8 Å². The first-order valence-electron chi connectivity index (χ1n) is 11.1. The number of Topliss-reactive ketones (excluding diaryl/α,β-unsaturated/α-hetero) is 1. The average Bonchev–Trinajstić information content (AvgIpc) is 2.84. The minimum Gasteiger partial charge on any atom is -0.504 e. The van der Waals surface area contributed by atoms with Crippen molar-refractivity contribution in [3.8, 4) is 23.0 Å². The van der Waals surface area contributed by atoms with Gasteiger partial charge in [-0.2, -0.15) is 0 Å². The number of carbonyl (C=O) groups excluding carboxylic acids is 2. The molecule has 2 aromatic carbocycles. The van der Waals surface area contributed by atoms with Crippen LogP contribution < -0.4 is 4.74 Å². The van der Waals surface area contributed by atoms with Gasteiger partial charge in [0.25, 0.3) is 0 Å². The summed E-state index contributed by atoms with van der Waals surface area (Å²) in [4.78, 5) is 23.3. The number of benzene rings is 2. The van der Waals surface area contributed by atoms with Crippen LogP contribution in [0.15, 0.2) is 42.5 Å². The van der Waals surface area contributed by atoms with E-state index in [9.17, 15) is 40.2 Å². The maximum Gasteiger partial charge on any atom is 0.330 e. The molecule has 0 bridgehead atoms. The van der Waals surface area contributed by atoms with Crippen LogP contribution in [0.2, 0.25) is 0 Å². The fourth-order valence-electron chi connectivity index (χ4n) is 3.43. The lowest BCUT2D eigenvalue weighted by Gasteiger charge is -2.39. The molecule has 0 amide bonds. The molecule has 0 aliphatic carbocycles. The van der Waals surface area contributed by atoms with Crippen molar-refractivity contribution in [2.45, 2.75) is 50.5 Å². The van der Waals surface area contributed by atoms with E-state index in [2.05, 4.69) is 0 Å². The van der Waals surface area contributed by atoms with E-state index in [4.69, 9.17) is 14.2 Å². The zero-order valence-corrected chi connectivity index (χ0v) is 19.4. The Balaban J connectivity index is 1.63. The number of aromatic hydroxyl groups is 3. The third kappa shape index (κ3) is 6.95. The first-order chi connectivity index (χ1) is 17.0. The molecule has 11 heteroatoms. The van der Waals surface area contributed by atoms with Gasteiger partial charge in [0.05, 0.1) is 0 Å². The van der Waals surface area contributed by atoms with Crippen molar-refractivity contribution in [3.63, 3.8) is 0 Å². The summed E-state index contributed by atoms with van der Waals surface area (Å²) in [5, 5.41) is 59.8. The topological polar surface area (TPSA) is 183 Å². The second-order valence-corrected chi connectivity index (χ2v) is 8.35. The molecule has 0 saturated carbocycles. The summed E-state index contributed by atoms with van der Waals surface area (Å²) in [5.41, 5.74) is 1.09. The van der Waals surface area contributed by atoms with Crippen LogP contribution >= 0.6 is 0 Å². The van der Waals surface area contributed by atoms with Gasteiger partial charge < -0.3 is 49.6 Å². The molecule has 1 fully saturated rings. The maximum atomic E-state index is 12.1. The van der Waals surface area contributed by atoms with Gasteiger partial charge in [0.15, 0.2) is 23.0 Å². The monoisotopic (exact) mass is 504 g/mol. The average molecular weight is 504 g/mol. The lowest BCUT2D eigenvalue weighted by Crippen LogP contribution is -2.60. The number of ether oxygens (including phenoxy) is 3. The number of aryl methyl sites for hydroxylation is 1. The highest BCUT2D eigenvalue weighted by Gasteiger charge is 2.45. The number of hydrogen-bond donors (Lipinski definition) is 6. The number of ketones is 1. The molecule has 0 unspecified atom stereocenters. The van der Waals surface area contributed by atoms with Gasteiger partial charge in [-0.3, -0.25) is 0 Å². The molecular formula is C25H28O11. The summed E-state index contributed by atoms with van der Waals surface area (Å²) < 4.78 is 16.1. The summed E-state index contributed by atoms with van der Waals surface area (Å²) in [6.45, 7) is 0.956. The number of phenols is 3. The number of aliphatic hydroxyl groups is 3. The van der Waals surface area contributed by atoms with Gasteiger partial charge >= 0.3 is 5.97 Å². The van der Waals surface area contributed by atoms with Crippen molar-refractivity contribution in [1.82, 2.24) is 0 Å². The summed E-state index contributed by atoms with van der Waals surface area (Å²) in [6, 6.07) is 8.36. The Morgan fingerprint density at radius 3 is 2.36 bits per heavy atom. The standard InChI is InChI=1S/C25H28O11/c1-13(26)2-3-15-5-8-17(28)19(11-15)35-25-24(33)23(32)22(31)20(36-25)12-34-21(30)9-6-14-4-7-16(27)18(29)10-14/h4-11,20,22-25,27-29,31-33H,2-3,12H2,1H3/b9-6+/t20-,22-,23+,24-,25-/m1/s1. The fraction of sp³-hybridized carbons (Fsp3) is 0.360. The normalized spacial score (nSPS) is 23.9. The molecule has 194 valence electrons. The van der Waals surface area contributed by atoms with Gasteiger partial charge in [-0.15, -0.1) is 0 Å². The third-order valence-electron chi connectivity index (χ3n) is 5.50. The number of hydrogen-bond acceptors (Lipinski definition) is 11. The summed E-state index contributed by atoms with van der Waals surface area (Å²) >= 11 is 0. The Hall–Kier alpha value is -3.64. The predicted octanol–water partition coefficient (Wildman–Crippen LogP) is 0.768. The third-order valence-corrected chi connectivity index (χ3v) is 5.50. The van der Waals surface area contributed by atoms with Crippen LogP contribution in [0.1, 0.15) is 24.5 Å². The second kappa shape index (κ2) is 11.9. The van der Waals surface area contributed by atoms with Gasteiger partial charge in [-0.05, 0) is 54.8 Å². The number of rotatable bonds is 9. The van der Waals surface area contributed by atoms with Crippen molar-refractivity contribution in [2.75, 3.05) is 6.61 Å². The second-order valence-electron chi connectivity index (χ2n) is 8.35. The minimum absolute atomic E-state index is 0.0119. The summed E-state index contributed by atoms with van der Waals surface area (Å²) in [7, 11) is 0. The van der Waals surface area contributed by atoms with Gasteiger partial charge in [-0.1, -0.05) is 12.1 Å². The molecule has 0 aromatic heterocycles. The molecule has 1 aliphatic heterocycles. The molecule has 6 N–H and O–H groups in total. The van der Waals surface area contributed by atoms with E-state index < -0.39 is 43.3 Å². The van der Waals surface area contributed by atoms with Crippen molar-refractivity contribution in [2.24, 2.45) is 0 Å².